The maximum Gasteiger partial charge on any atom is 0.143 e. The standard InChI is InChI=1S/C13H15N3O2/c1-8-7-10(9(2)16-15-8)13(17)12-11(18-3)5-4-6-14-12/h4-7,13,17H,1-3H3. The summed E-state index contributed by atoms with van der Waals surface area (Å²) in [6.45, 7) is 3.64. The number of aryl methyl sites for hydroxylation is 2. The summed E-state index contributed by atoms with van der Waals surface area (Å²) >= 11 is 0. The molecule has 0 aromatic carbocycles. The molecule has 2 heterocycles. The highest BCUT2D eigenvalue weighted by Gasteiger charge is 2.19. The SMILES string of the molecule is COc1cccnc1C(O)c1cc(C)nnc1C. The first kappa shape index (κ1) is 12.4. The molecule has 1 N–H and O–H groups in total. The van der Waals surface area contributed by atoms with E-state index < -0.39 is 6.10 Å². The van der Waals surface area contributed by atoms with E-state index in [0.29, 0.717) is 22.7 Å². The van der Waals surface area contributed by atoms with Gasteiger partial charge in [-0.15, -0.1) is 0 Å². The number of ether oxygens (including phenoxy) is 1. The molecular weight excluding hydrogens is 230 g/mol. The first-order valence-electron chi connectivity index (χ1n) is 5.61. The molecule has 0 saturated carbocycles. The summed E-state index contributed by atoms with van der Waals surface area (Å²) < 4.78 is 5.20. The molecule has 5 heteroatoms. The lowest BCUT2D eigenvalue weighted by Gasteiger charge is -2.15. The summed E-state index contributed by atoms with van der Waals surface area (Å²) in [5.74, 6) is 0.555. The van der Waals surface area contributed by atoms with Crippen molar-refractivity contribution in [1.82, 2.24) is 15.2 Å². The molecule has 0 saturated heterocycles. The van der Waals surface area contributed by atoms with Crippen molar-refractivity contribution in [2.75, 3.05) is 7.11 Å². The summed E-state index contributed by atoms with van der Waals surface area (Å²) in [5.41, 5.74) is 2.61. The van der Waals surface area contributed by atoms with Gasteiger partial charge in [-0.05, 0) is 32.0 Å². The molecule has 0 bridgehead atoms. The number of rotatable bonds is 3. The van der Waals surface area contributed by atoms with Crippen molar-refractivity contribution < 1.29 is 9.84 Å². The van der Waals surface area contributed by atoms with Gasteiger partial charge < -0.3 is 9.84 Å². The third-order valence-electron chi connectivity index (χ3n) is 2.71. The molecule has 1 unspecified atom stereocenters. The van der Waals surface area contributed by atoms with Crippen molar-refractivity contribution in [2.45, 2.75) is 20.0 Å². The summed E-state index contributed by atoms with van der Waals surface area (Å²) in [4.78, 5) is 4.17. The number of aliphatic hydroxyl groups excluding tert-OH is 1. The van der Waals surface area contributed by atoms with Crippen LogP contribution >= 0.6 is 0 Å². The van der Waals surface area contributed by atoms with E-state index in [4.69, 9.17) is 4.74 Å². The van der Waals surface area contributed by atoms with Crippen LogP contribution in [0.1, 0.15) is 28.7 Å². The zero-order valence-corrected chi connectivity index (χ0v) is 10.6. The fourth-order valence-electron chi connectivity index (χ4n) is 1.77. The number of hydrogen-bond donors (Lipinski definition) is 1. The molecule has 0 aliphatic rings. The van der Waals surface area contributed by atoms with Crippen molar-refractivity contribution in [2.24, 2.45) is 0 Å². The smallest absolute Gasteiger partial charge is 0.143 e. The van der Waals surface area contributed by atoms with Crippen LogP contribution in [0.3, 0.4) is 0 Å². The van der Waals surface area contributed by atoms with Gasteiger partial charge in [-0.1, -0.05) is 0 Å². The van der Waals surface area contributed by atoms with Crippen LogP contribution in [-0.4, -0.2) is 27.4 Å². The molecular formula is C13H15N3O2. The Hall–Kier alpha value is -2.01. The summed E-state index contributed by atoms with van der Waals surface area (Å²) in [5, 5.41) is 18.3. The highest BCUT2D eigenvalue weighted by atomic mass is 16.5. The van der Waals surface area contributed by atoms with Crippen molar-refractivity contribution in [3.63, 3.8) is 0 Å². The third-order valence-corrected chi connectivity index (χ3v) is 2.71. The maximum absolute atomic E-state index is 10.4. The summed E-state index contributed by atoms with van der Waals surface area (Å²) in [7, 11) is 1.55. The van der Waals surface area contributed by atoms with Crippen LogP contribution in [0.15, 0.2) is 24.4 Å². The molecule has 2 aromatic heterocycles. The number of pyridine rings is 1. The molecule has 0 radical (unpaired) electrons. The zero-order chi connectivity index (χ0) is 13.1. The number of hydrogen-bond acceptors (Lipinski definition) is 5. The van der Waals surface area contributed by atoms with Crippen LogP contribution in [0.2, 0.25) is 0 Å². The van der Waals surface area contributed by atoms with Crippen molar-refractivity contribution in [3.8, 4) is 5.75 Å². The maximum atomic E-state index is 10.4. The van der Waals surface area contributed by atoms with Crippen molar-refractivity contribution in [3.05, 3.63) is 47.0 Å². The molecule has 0 aliphatic heterocycles. The fraction of sp³-hybridized carbons (Fsp3) is 0.308. The Bertz CT molecular complexity index is 558. The second kappa shape index (κ2) is 5.10. The van der Waals surface area contributed by atoms with Crippen LogP contribution in [0.25, 0.3) is 0 Å². The molecule has 0 spiro atoms. The van der Waals surface area contributed by atoms with Gasteiger partial charge in [0.2, 0.25) is 0 Å². The van der Waals surface area contributed by atoms with E-state index in [1.165, 1.54) is 0 Å². The van der Waals surface area contributed by atoms with Gasteiger partial charge in [0.05, 0.1) is 18.5 Å². The van der Waals surface area contributed by atoms with Gasteiger partial charge in [-0.2, -0.15) is 10.2 Å². The summed E-state index contributed by atoms with van der Waals surface area (Å²) in [6.07, 6.45) is 0.757. The highest BCUT2D eigenvalue weighted by Crippen LogP contribution is 2.28. The molecule has 0 amide bonds. The molecule has 1 atom stereocenters. The van der Waals surface area contributed by atoms with Crippen LogP contribution in [-0.2, 0) is 0 Å². The first-order valence-corrected chi connectivity index (χ1v) is 5.61. The van der Waals surface area contributed by atoms with E-state index in [0.717, 1.165) is 5.69 Å². The molecule has 18 heavy (non-hydrogen) atoms. The molecule has 0 fully saturated rings. The van der Waals surface area contributed by atoms with E-state index in [1.807, 2.05) is 6.92 Å². The minimum Gasteiger partial charge on any atom is -0.495 e. The molecule has 5 nitrogen and oxygen atoms in total. The lowest BCUT2D eigenvalue weighted by molar-refractivity contribution is 0.207. The second-order valence-corrected chi connectivity index (χ2v) is 4.02. The van der Waals surface area contributed by atoms with Crippen LogP contribution < -0.4 is 4.74 Å². The normalized spacial score (nSPS) is 12.2. The monoisotopic (exact) mass is 245 g/mol. The predicted octanol–water partition coefficient (Wildman–Crippen LogP) is 1.58. The van der Waals surface area contributed by atoms with E-state index >= 15 is 0 Å². The topological polar surface area (TPSA) is 68.1 Å². The Balaban J connectivity index is 2.47. The van der Waals surface area contributed by atoms with E-state index in [-0.39, 0.29) is 0 Å². The van der Waals surface area contributed by atoms with Gasteiger partial charge in [0.1, 0.15) is 17.5 Å². The van der Waals surface area contributed by atoms with Gasteiger partial charge >= 0.3 is 0 Å². The number of methoxy groups -OCH3 is 1. The quantitative estimate of drug-likeness (QED) is 0.889. The van der Waals surface area contributed by atoms with E-state index in [9.17, 15) is 5.11 Å². The van der Waals surface area contributed by atoms with Gasteiger partial charge in [-0.25, -0.2) is 0 Å². The van der Waals surface area contributed by atoms with Crippen LogP contribution in [0, 0.1) is 13.8 Å². The van der Waals surface area contributed by atoms with Gasteiger partial charge in [-0.3, -0.25) is 4.98 Å². The van der Waals surface area contributed by atoms with Gasteiger partial charge in [0, 0.05) is 11.8 Å². The van der Waals surface area contributed by atoms with Crippen LogP contribution in [0.4, 0.5) is 0 Å². The average Bonchev–Trinajstić information content (AvgIpc) is 2.40. The van der Waals surface area contributed by atoms with Gasteiger partial charge in [0.25, 0.3) is 0 Å². The number of aromatic nitrogens is 3. The Morgan fingerprint density at radius 3 is 2.78 bits per heavy atom. The number of aliphatic hydroxyl groups is 1. The highest BCUT2D eigenvalue weighted by molar-refractivity contribution is 5.36. The summed E-state index contributed by atoms with van der Waals surface area (Å²) in [6, 6.07) is 5.33. The minimum absolute atomic E-state index is 0.482. The zero-order valence-electron chi connectivity index (χ0n) is 10.6. The molecule has 94 valence electrons. The van der Waals surface area contributed by atoms with E-state index in [2.05, 4.69) is 15.2 Å². The van der Waals surface area contributed by atoms with Crippen molar-refractivity contribution in [1.29, 1.82) is 0 Å². The minimum atomic E-state index is -0.865. The predicted molar refractivity (Wildman–Crippen MR) is 66.4 cm³/mol. The Morgan fingerprint density at radius 1 is 1.28 bits per heavy atom. The lowest BCUT2D eigenvalue weighted by Crippen LogP contribution is -2.08. The third kappa shape index (κ3) is 2.31. The Morgan fingerprint density at radius 2 is 2.06 bits per heavy atom. The first-order chi connectivity index (χ1) is 8.63. The van der Waals surface area contributed by atoms with Crippen LogP contribution in [0.5, 0.6) is 5.75 Å². The average molecular weight is 245 g/mol. The van der Waals surface area contributed by atoms with E-state index in [1.54, 1.807) is 38.4 Å². The largest absolute Gasteiger partial charge is 0.495 e. The fourth-order valence-corrected chi connectivity index (χ4v) is 1.77. The Kier molecular flexibility index (Phi) is 3.53. The molecule has 2 rings (SSSR count). The lowest BCUT2D eigenvalue weighted by atomic mass is 10.0. The Labute approximate surface area is 105 Å². The molecule has 0 aliphatic carbocycles. The van der Waals surface area contributed by atoms with Crippen molar-refractivity contribution >= 4 is 0 Å². The molecule has 2 aromatic rings. The van der Waals surface area contributed by atoms with Gasteiger partial charge in [0.15, 0.2) is 0 Å². The number of nitrogens with zero attached hydrogens (tertiary/aromatic N) is 3. The second-order valence-electron chi connectivity index (χ2n) is 4.02.